The molecule has 0 bridgehead atoms. The van der Waals surface area contributed by atoms with Gasteiger partial charge in [0.25, 0.3) is 5.91 Å². The molecule has 7 nitrogen and oxygen atoms in total. The van der Waals surface area contributed by atoms with E-state index in [0.29, 0.717) is 23.7 Å². The monoisotopic (exact) mass is 340 g/mol. The molecule has 25 heavy (non-hydrogen) atoms. The fourth-order valence-corrected chi connectivity index (χ4v) is 2.59. The molecule has 2 aromatic rings. The predicted molar refractivity (Wildman–Crippen MR) is 93.1 cm³/mol. The SMILES string of the molecule is CC(=O)c1cccc(Nc2nccc(C(=O)NCC3CCCO3)n2)c1. The molecule has 0 spiro atoms. The lowest BCUT2D eigenvalue weighted by Crippen LogP contribution is -2.32. The maximum absolute atomic E-state index is 12.2. The van der Waals surface area contributed by atoms with E-state index in [0.717, 1.165) is 19.4 Å². The van der Waals surface area contributed by atoms with Crippen molar-refractivity contribution in [3.05, 3.63) is 47.8 Å². The van der Waals surface area contributed by atoms with E-state index in [9.17, 15) is 9.59 Å². The fourth-order valence-electron chi connectivity index (χ4n) is 2.59. The molecule has 2 N–H and O–H groups in total. The van der Waals surface area contributed by atoms with E-state index in [-0.39, 0.29) is 23.5 Å². The zero-order chi connectivity index (χ0) is 17.6. The van der Waals surface area contributed by atoms with Gasteiger partial charge in [-0.1, -0.05) is 12.1 Å². The van der Waals surface area contributed by atoms with Crippen LogP contribution in [0, 0.1) is 0 Å². The lowest BCUT2D eigenvalue weighted by atomic mass is 10.1. The predicted octanol–water partition coefficient (Wildman–Crippen LogP) is 2.33. The van der Waals surface area contributed by atoms with E-state index in [1.165, 1.54) is 13.1 Å². The number of benzene rings is 1. The van der Waals surface area contributed by atoms with Crippen LogP contribution in [-0.2, 0) is 4.74 Å². The average molecular weight is 340 g/mol. The van der Waals surface area contributed by atoms with Crippen molar-refractivity contribution in [2.24, 2.45) is 0 Å². The van der Waals surface area contributed by atoms with Gasteiger partial charge in [0.05, 0.1) is 6.10 Å². The first-order chi connectivity index (χ1) is 12.1. The molecule has 1 aromatic carbocycles. The fraction of sp³-hybridized carbons (Fsp3) is 0.333. The quantitative estimate of drug-likeness (QED) is 0.784. The number of hydrogen-bond acceptors (Lipinski definition) is 6. The minimum absolute atomic E-state index is 0.0215. The topological polar surface area (TPSA) is 93.2 Å². The Bertz CT molecular complexity index is 772. The number of Topliss-reactive ketones (excluding diaryl/α,β-unsaturated/α-hetero) is 1. The highest BCUT2D eigenvalue weighted by Gasteiger charge is 2.17. The van der Waals surface area contributed by atoms with Gasteiger partial charge in [-0.05, 0) is 38.0 Å². The van der Waals surface area contributed by atoms with Crippen molar-refractivity contribution in [3.63, 3.8) is 0 Å². The van der Waals surface area contributed by atoms with Gasteiger partial charge in [-0.3, -0.25) is 9.59 Å². The first kappa shape index (κ1) is 17.0. The Kier molecular flexibility index (Phi) is 5.35. The number of amides is 1. The number of carbonyl (C=O) groups is 2. The summed E-state index contributed by atoms with van der Waals surface area (Å²) in [5.74, 6) is 0.00994. The molecule has 1 fully saturated rings. The van der Waals surface area contributed by atoms with Crippen molar-refractivity contribution in [3.8, 4) is 0 Å². The summed E-state index contributed by atoms with van der Waals surface area (Å²) in [6.07, 6.45) is 3.59. The molecule has 1 unspecified atom stereocenters. The molecule has 1 saturated heterocycles. The van der Waals surface area contributed by atoms with Crippen LogP contribution in [0.4, 0.5) is 11.6 Å². The second-order valence-electron chi connectivity index (χ2n) is 5.87. The van der Waals surface area contributed by atoms with Gasteiger partial charge in [-0.15, -0.1) is 0 Å². The van der Waals surface area contributed by atoms with Gasteiger partial charge in [-0.2, -0.15) is 0 Å². The van der Waals surface area contributed by atoms with Crippen LogP contribution >= 0.6 is 0 Å². The molecule has 1 amide bonds. The summed E-state index contributed by atoms with van der Waals surface area (Å²) >= 11 is 0. The molecular formula is C18H20N4O3. The maximum atomic E-state index is 12.2. The van der Waals surface area contributed by atoms with Crippen LogP contribution in [0.1, 0.15) is 40.6 Å². The number of aromatic nitrogens is 2. The summed E-state index contributed by atoms with van der Waals surface area (Å²) in [5.41, 5.74) is 1.55. The maximum Gasteiger partial charge on any atom is 0.270 e. The van der Waals surface area contributed by atoms with Crippen LogP contribution in [0.25, 0.3) is 0 Å². The van der Waals surface area contributed by atoms with Crippen molar-refractivity contribution < 1.29 is 14.3 Å². The van der Waals surface area contributed by atoms with Crippen LogP contribution in [0.2, 0.25) is 0 Å². The lowest BCUT2D eigenvalue weighted by Gasteiger charge is -2.11. The Labute approximate surface area is 145 Å². The third-order valence-corrected chi connectivity index (χ3v) is 3.93. The van der Waals surface area contributed by atoms with Crippen LogP contribution in [-0.4, -0.2) is 40.9 Å². The Morgan fingerprint density at radius 1 is 1.32 bits per heavy atom. The van der Waals surface area contributed by atoms with E-state index in [2.05, 4.69) is 20.6 Å². The molecule has 3 rings (SSSR count). The van der Waals surface area contributed by atoms with Crippen molar-refractivity contribution in [1.29, 1.82) is 0 Å². The van der Waals surface area contributed by atoms with E-state index in [1.807, 2.05) is 0 Å². The number of rotatable bonds is 6. The molecule has 0 aliphatic carbocycles. The van der Waals surface area contributed by atoms with Crippen LogP contribution in [0.5, 0.6) is 0 Å². The molecule has 1 aliphatic heterocycles. The lowest BCUT2D eigenvalue weighted by molar-refractivity contribution is 0.0853. The minimum atomic E-state index is -0.265. The van der Waals surface area contributed by atoms with Crippen molar-refractivity contribution >= 4 is 23.3 Å². The summed E-state index contributed by atoms with van der Waals surface area (Å²) in [4.78, 5) is 32.0. The number of nitrogens with one attached hydrogen (secondary N) is 2. The molecule has 1 aliphatic rings. The summed E-state index contributed by atoms with van der Waals surface area (Å²) in [6.45, 7) is 2.74. The molecule has 7 heteroatoms. The largest absolute Gasteiger partial charge is 0.376 e. The molecule has 130 valence electrons. The highest BCUT2D eigenvalue weighted by Crippen LogP contribution is 2.15. The number of carbonyl (C=O) groups excluding carboxylic acids is 2. The highest BCUT2D eigenvalue weighted by molar-refractivity contribution is 5.95. The molecular weight excluding hydrogens is 320 g/mol. The molecule has 0 saturated carbocycles. The average Bonchev–Trinajstić information content (AvgIpc) is 3.13. The van der Waals surface area contributed by atoms with Crippen molar-refractivity contribution in [2.75, 3.05) is 18.5 Å². The second kappa shape index (κ2) is 7.85. The first-order valence-corrected chi connectivity index (χ1v) is 8.23. The number of nitrogens with zero attached hydrogens (tertiary/aromatic N) is 2. The first-order valence-electron chi connectivity index (χ1n) is 8.23. The van der Waals surface area contributed by atoms with E-state index < -0.39 is 0 Å². The second-order valence-corrected chi connectivity index (χ2v) is 5.87. The van der Waals surface area contributed by atoms with E-state index in [4.69, 9.17) is 4.74 Å². The summed E-state index contributed by atoms with van der Waals surface area (Å²) in [6, 6.07) is 8.60. The van der Waals surface area contributed by atoms with Crippen molar-refractivity contribution in [1.82, 2.24) is 15.3 Å². The third-order valence-electron chi connectivity index (χ3n) is 3.93. The van der Waals surface area contributed by atoms with Gasteiger partial charge < -0.3 is 15.4 Å². The Balaban J connectivity index is 1.65. The van der Waals surface area contributed by atoms with Gasteiger partial charge in [0, 0.05) is 30.6 Å². The highest BCUT2D eigenvalue weighted by atomic mass is 16.5. The van der Waals surface area contributed by atoms with Gasteiger partial charge >= 0.3 is 0 Å². The Morgan fingerprint density at radius 3 is 2.96 bits per heavy atom. The van der Waals surface area contributed by atoms with Crippen LogP contribution in [0.3, 0.4) is 0 Å². The Hall–Kier alpha value is -2.80. The minimum Gasteiger partial charge on any atom is -0.376 e. The van der Waals surface area contributed by atoms with Crippen LogP contribution < -0.4 is 10.6 Å². The van der Waals surface area contributed by atoms with Gasteiger partial charge in [0.15, 0.2) is 5.78 Å². The molecule has 2 heterocycles. The molecule has 0 radical (unpaired) electrons. The van der Waals surface area contributed by atoms with Gasteiger partial charge in [0.1, 0.15) is 5.69 Å². The van der Waals surface area contributed by atoms with E-state index in [1.54, 1.807) is 30.3 Å². The molecule has 1 atom stereocenters. The summed E-state index contributed by atoms with van der Waals surface area (Å²) in [7, 11) is 0. The normalized spacial score (nSPS) is 16.4. The smallest absolute Gasteiger partial charge is 0.270 e. The molecule has 1 aromatic heterocycles. The van der Waals surface area contributed by atoms with Gasteiger partial charge in [0.2, 0.25) is 5.95 Å². The zero-order valence-corrected chi connectivity index (χ0v) is 14.0. The standard InChI is InChI=1S/C18H20N4O3/c1-12(23)13-4-2-5-14(10-13)21-18-19-8-7-16(22-18)17(24)20-11-15-6-3-9-25-15/h2,4-5,7-8,10,15H,3,6,9,11H2,1H3,(H,20,24)(H,19,21,22). The third kappa shape index (κ3) is 4.60. The number of hydrogen-bond donors (Lipinski definition) is 2. The van der Waals surface area contributed by atoms with E-state index >= 15 is 0 Å². The zero-order valence-electron chi connectivity index (χ0n) is 14.0. The summed E-state index contributed by atoms with van der Waals surface area (Å²) < 4.78 is 5.49. The number of anilines is 2. The van der Waals surface area contributed by atoms with Crippen molar-refractivity contribution in [2.45, 2.75) is 25.9 Å². The number of ketones is 1. The summed E-state index contributed by atoms with van der Waals surface area (Å²) in [5, 5.41) is 5.84. The van der Waals surface area contributed by atoms with Crippen LogP contribution in [0.15, 0.2) is 36.5 Å². The Morgan fingerprint density at radius 2 is 2.20 bits per heavy atom. The van der Waals surface area contributed by atoms with Gasteiger partial charge in [-0.25, -0.2) is 9.97 Å². The number of ether oxygens (including phenoxy) is 1.